The molecule has 2 aromatic heterocycles. The van der Waals surface area contributed by atoms with E-state index in [1.807, 2.05) is 41.5 Å². The SMILES string of the molecule is CCN(CC)S(=O)(=O)c1ccc(C(=O)CN(Cc2cccs2)c2ncccc2C)cc1. The second kappa shape index (κ2) is 10.2. The van der Waals surface area contributed by atoms with Gasteiger partial charge in [-0.25, -0.2) is 13.4 Å². The summed E-state index contributed by atoms with van der Waals surface area (Å²) in [6.45, 7) is 7.12. The van der Waals surface area contributed by atoms with Gasteiger partial charge in [-0.05, 0) is 54.3 Å². The zero-order valence-corrected chi connectivity index (χ0v) is 19.6. The van der Waals surface area contributed by atoms with E-state index in [4.69, 9.17) is 0 Å². The number of aryl methyl sites for hydroxylation is 1. The van der Waals surface area contributed by atoms with Gasteiger partial charge in [0.25, 0.3) is 0 Å². The van der Waals surface area contributed by atoms with Crippen LogP contribution in [0.3, 0.4) is 0 Å². The number of Topliss-reactive ketones (excluding diaryl/α,β-unsaturated/α-hetero) is 1. The van der Waals surface area contributed by atoms with Crippen LogP contribution in [0.25, 0.3) is 0 Å². The molecule has 0 fully saturated rings. The van der Waals surface area contributed by atoms with E-state index in [9.17, 15) is 13.2 Å². The third-order valence-electron chi connectivity index (χ3n) is 5.06. The molecule has 164 valence electrons. The van der Waals surface area contributed by atoms with Gasteiger partial charge >= 0.3 is 0 Å². The minimum Gasteiger partial charge on any atom is -0.344 e. The highest BCUT2D eigenvalue weighted by atomic mass is 32.2. The van der Waals surface area contributed by atoms with Crippen LogP contribution in [0.15, 0.2) is 65.0 Å². The normalized spacial score (nSPS) is 11.6. The van der Waals surface area contributed by atoms with Crippen LogP contribution < -0.4 is 4.90 Å². The van der Waals surface area contributed by atoms with Gasteiger partial charge in [0.2, 0.25) is 10.0 Å². The van der Waals surface area contributed by atoms with Gasteiger partial charge in [-0.2, -0.15) is 4.31 Å². The molecule has 0 aliphatic rings. The van der Waals surface area contributed by atoms with Crippen molar-refractivity contribution >= 4 is 33.0 Å². The van der Waals surface area contributed by atoms with Crippen molar-refractivity contribution in [2.45, 2.75) is 32.2 Å². The molecule has 0 saturated heterocycles. The predicted octanol–water partition coefficient (Wildman–Crippen LogP) is 4.37. The predicted molar refractivity (Wildman–Crippen MR) is 125 cm³/mol. The maximum atomic E-state index is 13.0. The standard InChI is InChI=1S/C23H27N3O3S2/c1-4-26(5-2)31(28,29)21-12-10-19(11-13-21)22(27)17-25(16-20-9-7-15-30-20)23-18(3)8-6-14-24-23/h6-15H,4-5,16-17H2,1-3H3. The van der Waals surface area contributed by atoms with E-state index in [-0.39, 0.29) is 17.2 Å². The number of anilines is 1. The first-order valence-corrected chi connectivity index (χ1v) is 12.5. The summed E-state index contributed by atoms with van der Waals surface area (Å²) in [7, 11) is -3.55. The lowest BCUT2D eigenvalue weighted by molar-refractivity contribution is 0.0998. The maximum absolute atomic E-state index is 13.0. The van der Waals surface area contributed by atoms with Crippen LogP contribution in [0.5, 0.6) is 0 Å². The van der Waals surface area contributed by atoms with Crippen LogP contribution in [0.1, 0.15) is 34.6 Å². The third kappa shape index (κ3) is 5.39. The molecule has 6 nitrogen and oxygen atoms in total. The number of nitrogens with zero attached hydrogens (tertiary/aromatic N) is 3. The molecule has 0 aliphatic heterocycles. The molecule has 31 heavy (non-hydrogen) atoms. The van der Waals surface area contributed by atoms with Crippen molar-refractivity contribution in [1.29, 1.82) is 0 Å². The summed E-state index contributed by atoms with van der Waals surface area (Å²) < 4.78 is 26.8. The van der Waals surface area contributed by atoms with Crippen LogP contribution in [-0.2, 0) is 16.6 Å². The Morgan fingerprint density at radius 3 is 2.32 bits per heavy atom. The highest BCUT2D eigenvalue weighted by Crippen LogP contribution is 2.22. The van der Waals surface area contributed by atoms with Crippen molar-refractivity contribution in [1.82, 2.24) is 9.29 Å². The van der Waals surface area contributed by atoms with Crippen molar-refractivity contribution < 1.29 is 13.2 Å². The van der Waals surface area contributed by atoms with Crippen molar-refractivity contribution in [3.8, 4) is 0 Å². The number of hydrogen-bond acceptors (Lipinski definition) is 6. The van der Waals surface area contributed by atoms with Gasteiger partial charge in [0.1, 0.15) is 5.82 Å². The third-order valence-corrected chi connectivity index (χ3v) is 7.99. The summed E-state index contributed by atoms with van der Waals surface area (Å²) >= 11 is 1.63. The number of carbonyl (C=O) groups excluding carboxylic acids is 1. The Morgan fingerprint density at radius 1 is 1.03 bits per heavy atom. The molecule has 0 saturated carbocycles. The maximum Gasteiger partial charge on any atom is 0.243 e. The minimum atomic E-state index is -3.55. The van der Waals surface area contributed by atoms with Crippen LogP contribution in [0.4, 0.5) is 5.82 Å². The van der Waals surface area contributed by atoms with Gasteiger partial charge in [0, 0.05) is 29.7 Å². The fourth-order valence-electron chi connectivity index (χ4n) is 3.39. The number of sulfonamides is 1. The van der Waals surface area contributed by atoms with Gasteiger partial charge in [0.05, 0.1) is 18.0 Å². The Hall–Kier alpha value is -2.55. The van der Waals surface area contributed by atoms with Gasteiger partial charge in [-0.15, -0.1) is 11.3 Å². The molecule has 3 aromatic rings. The first-order valence-electron chi connectivity index (χ1n) is 10.2. The number of carbonyl (C=O) groups is 1. The van der Waals surface area contributed by atoms with Crippen molar-refractivity contribution in [2.75, 3.05) is 24.5 Å². The van der Waals surface area contributed by atoms with E-state index < -0.39 is 10.0 Å². The molecule has 1 aromatic carbocycles. The Morgan fingerprint density at radius 2 is 1.74 bits per heavy atom. The fraction of sp³-hybridized carbons (Fsp3) is 0.304. The van der Waals surface area contributed by atoms with E-state index in [1.165, 1.54) is 16.4 Å². The lowest BCUT2D eigenvalue weighted by Crippen LogP contribution is -2.31. The molecule has 2 heterocycles. The lowest BCUT2D eigenvalue weighted by atomic mass is 10.1. The number of benzene rings is 1. The lowest BCUT2D eigenvalue weighted by Gasteiger charge is -2.24. The van der Waals surface area contributed by atoms with E-state index in [1.54, 1.807) is 43.5 Å². The van der Waals surface area contributed by atoms with E-state index >= 15 is 0 Å². The van der Waals surface area contributed by atoms with Crippen molar-refractivity contribution in [2.24, 2.45) is 0 Å². The zero-order chi connectivity index (χ0) is 22.4. The largest absolute Gasteiger partial charge is 0.344 e. The molecule has 0 radical (unpaired) electrons. The first-order chi connectivity index (χ1) is 14.9. The molecule has 0 unspecified atom stereocenters. The molecule has 0 amide bonds. The highest BCUT2D eigenvalue weighted by molar-refractivity contribution is 7.89. The zero-order valence-electron chi connectivity index (χ0n) is 18.0. The smallest absolute Gasteiger partial charge is 0.243 e. The quantitative estimate of drug-likeness (QED) is 0.423. The average molecular weight is 458 g/mol. The van der Waals surface area contributed by atoms with Crippen molar-refractivity contribution in [3.05, 3.63) is 76.1 Å². The van der Waals surface area contributed by atoms with Crippen LogP contribution in [-0.4, -0.2) is 43.1 Å². The Kier molecular flexibility index (Phi) is 7.59. The summed E-state index contributed by atoms with van der Waals surface area (Å²) in [4.78, 5) is 20.8. The van der Waals surface area contributed by atoms with Gasteiger partial charge in [-0.3, -0.25) is 4.79 Å². The molecular formula is C23H27N3O3S2. The first kappa shape index (κ1) is 23.1. The molecule has 0 spiro atoms. The molecular weight excluding hydrogens is 430 g/mol. The Labute approximate surface area is 188 Å². The summed E-state index contributed by atoms with van der Waals surface area (Å²) in [5.41, 5.74) is 1.47. The monoisotopic (exact) mass is 457 g/mol. The van der Waals surface area contributed by atoms with Crippen LogP contribution >= 0.6 is 11.3 Å². The van der Waals surface area contributed by atoms with E-state index in [2.05, 4.69) is 4.98 Å². The number of aromatic nitrogens is 1. The summed E-state index contributed by atoms with van der Waals surface area (Å²) in [6, 6.07) is 14.1. The second-order valence-electron chi connectivity index (χ2n) is 7.12. The topological polar surface area (TPSA) is 70.6 Å². The van der Waals surface area contributed by atoms with Crippen LogP contribution in [0, 0.1) is 6.92 Å². The molecule has 3 rings (SSSR count). The molecule has 8 heteroatoms. The number of pyridine rings is 1. The van der Waals surface area contributed by atoms with E-state index in [0.717, 1.165) is 16.3 Å². The number of rotatable bonds is 10. The molecule has 0 N–H and O–H groups in total. The number of hydrogen-bond donors (Lipinski definition) is 0. The van der Waals surface area contributed by atoms with E-state index in [0.29, 0.717) is 25.2 Å². The minimum absolute atomic E-state index is 0.0894. The summed E-state index contributed by atoms with van der Waals surface area (Å²) in [6.07, 6.45) is 1.72. The summed E-state index contributed by atoms with van der Waals surface area (Å²) in [5, 5.41) is 2.01. The molecule has 0 bridgehead atoms. The highest BCUT2D eigenvalue weighted by Gasteiger charge is 2.22. The second-order valence-corrected chi connectivity index (χ2v) is 10.1. The Bertz CT molecular complexity index is 1110. The van der Waals surface area contributed by atoms with Gasteiger partial charge in [-0.1, -0.05) is 26.0 Å². The number of ketones is 1. The van der Waals surface area contributed by atoms with Gasteiger partial charge in [0.15, 0.2) is 5.78 Å². The molecule has 0 aliphatic carbocycles. The number of thiophene rings is 1. The summed E-state index contributed by atoms with van der Waals surface area (Å²) in [5.74, 6) is 0.679. The average Bonchev–Trinajstić information content (AvgIpc) is 3.27. The van der Waals surface area contributed by atoms with Crippen LogP contribution in [0.2, 0.25) is 0 Å². The molecule has 0 atom stereocenters. The van der Waals surface area contributed by atoms with Gasteiger partial charge < -0.3 is 4.90 Å². The Balaban J connectivity index is 1.82. The van der Waals surface area contributed by atoms with Crippen molar-refractivity contribution in [3.63, 3.8) is 0 Å². The fourth-order valence-corrected chi connectivity index (χ4v) is 5.57.